The molecule has 0 saturated heterocycles. The summed E-state index contributed by atoms with van der Waals surface area (Å²) in [5.74, 6) is -0.258. The molecule has 10 nitrogen and oxygen atoms in total. The smallest absolute Gasteiger partial charge is 0.339 e. The number of esters is 2. The molecule has 0 spiro atoms. The SMILES string of the molecule is CCCC(=O)Oc1c(Nc2ccc(N(c3ccc([C@H](OC)C(=O)OC)cc3)S(=O)O)c3ccccc23)cccc1OC. The van der Waals surface area contributed by atoms with E-state index in [0.29, 0.717) is 45.9 Å². The van der Waals surface area contributed by atoms with E-state index in [0.717, 1.165) is 5.39 Å². The number of hydrogen-bond donors (Lipinski definition) is 2. The van der Waals surface area contributed by atoms with Gasteiger partial charge < -0.3 is 24.3 Å². The molecule has 0 aliphatic rings. The lowest BCUT2D eigenvalue weighted by Crippen LogP contribution is -2.20. The Labute approximate surface area is 246 Å². The molecule has 0 saturated carbocycles. The van der Waals surface area contributed by atoms with Gasteiger partial charge in [0, 0.05) is 30.0 Å². The van der Waals surface area contributed by atoms with Crippen LogP contribution in [-0.2, 0) is 30.3 Å². The fourth-order valence-electron chi connectivity index (χ4n) is 4.54. The number of rotatable bonds is 12. The minimum absolute atomic E-state index is 0.263. The van der Waals surface area contributed by atoms with Gasteiger partial charge in [-0.05, 0) is 48.4 Å². The zero-order valence-corrected chi connectivity index (χ0v) is 24.5. The molecule has 4 rings (SSSR count). The second-order valence-corrected chi connectivity index (χ2v) is 9.95. The van der Waals surface area contributed by atoms with Crippen LogP contribution in [-0.4, -0.2) is 42.0 Å². The highest BCUT2D eigenvalue weighted by Crippen LogP contribution is 2.41. The van der Waals surface area contributed by atoms with Crippen molar-refractivity contribution < 1.29 is 37.3 Å². The number of nitrogens with one attached hydrogen (secondary N) is 1. The minimum atomic E-state index is -2.44. The summed E-state index contributed by atoms with van der Waals surface area (Å²) < 4.78 is 45.5. The molecule has 0 fully saturated rings. The lowest BCUT2D eigenvalue weighted by atomic mass is 10.1. The van der Waals surface area contributed by atoms with E-state index in [1.54, 1.807) is 54.6 Å². The van der Waals surface area contributed by atoms with Gasteiger partial charge in [0.2, 0.25) is 0 Å². The van der Waals surface area contributed by atoms with Crippen molar-refractivity contribution in [1.29, 1.82) is 0 Å². The zero-order chi connectivity index (χ0) is 30.2. The summed E-state index contributed by atoms with van der Waals surface area (Å²) in [6, 6.07) is 22.7. The second-order valence-electron chi connectivity index (χ2n) is 9.12. The van der Waals surface area contributed by atoms with Crippen LogP contribution in [0, 0.1) is 0 Å². The number of hydrogen-bond acceptors (Lipinski definition) is 8. The van der Waals surface area contributed by atoms with E-state index >= 15 is 0 Å². The van der Waals surface area contributed by atoms with Crippen molar-refractivity contribution in [3.8, 4) is 11.5 Å². The Kier molecular flexibility index (Phi) is 10.1. The molecule has 0 aliphatic heterocycles. The summed E-state index contributed by atoms with van der Waals surface area (Å²) in [5.41, 5.74) is 2.63. The van der Waals surface area contributed by atoms with Crippen molar-refractivity contribution in [2.45, 2.75) is 25.9 Å². The predicted molar refractivity (Wildman–Crippen MR) is 162 cm³/mol. The van der Waals surface area contributed by atoms with E-state index in [4.69, 9.17) is 18.9 Å². The summed E-state index contributed by atoms with van der Waals surface area (Å²) >= 11 is -2.44. The van der Waals surface area contributed by atoms with Gasteiger partial charge in [-0.1, -0.05) is 49.4 Å². The average Bonchev–Trinajstić information content (AvgIpc) is 3.00. The number of carbonyl (C=O) groups excluding carboxylic acids is 2. The van der Waals surface area contributed by atoms with E-state index in [2.05, 4.69) is 5.32 Å². The Balaban J connectivity index is 1.75. The van der Waals surface area contributed by atoms with E-state index in [9.17, 15) is 18.4 Å². The molecule has 0 radical (unpaired) electrons. The minimum Gasteiger partial charge on any atom is -0.493 e. The fourth-order valence-corrected chi connectivity index (χ4v) is 5.17. The highest BCUT2D eigenvalue weighted by atomic mass is 32.2. The van der Waals surface area contributed by atoms with Crippen molar-refractivity contribution in [2.75, 3.05) is 31.0 Å². The van der Waals surface area contributed by atoms with E-state index in [1.165, 1.54) is 25.6 Å². The third-order valence-corrected chi connectivity index (χ3v) is 7.22. The largest absolute Gasteiger partial charge is 0.493 e. The van der Waals surface area contributed by atoms with Crippen molar-refractivity contribution in [3.63, 3.8) is 0 Å². The molecule has 0 aromatic heterocycles. The van der Waals surface area contributed by atoms with Crippen molar-refractivity contribution in [3.05, 3.63) is 84.4 Å². The Morgan fingerprint density at radius 2 is 1.62 bits per heavy atom. The second kappa shape index (κ2) is 13.9. The quantitative estimate of drug-likeness (QED) is 0.109. The normalized spacial score (nSPS) is 12.3. The first-order valence-electron chi connectivity index (χ1n) is 13.1. The Hall–Kier alpha value is -4.45. The molecule has 0 bridgehead atoms. The number of benzene rings is 4. The van der Waals surface area contributed by atoms with Gasteiger partial charge in [0.05, 0.1) is 31.3 Å². The summed E-state index contributed by atoms with van der Waals surface area (Å²) in [6.45, 7) is 1.89. The van der Waals surface area contributed by atoms with Crippen LogP contribution in [0.1, 0.15) is 31.4 Å². The topological polar surface area (TPSA) is 124 Å². The summed E-state index contributed by atoms with van der Waals surface area (Å²) in [7, 11) is 4.18. The van der Waals surface area contributed by atoms with Crippen molar-refractivity contribution >= 4 is 56.7 Å². The average molecular weight is 593 g/mol. The van der Waals surface area contributed by atoms with Gasteiger partial charge in [-0.15, -0.1) is 0 Å². The molecule has 11 heteroatoms. The maximum atomic E-state index is 12.7. The number of carbonyl (C=O) groups is 2. The van der Waals surface area contributed by atoms with Crippen LogP contribution in [0.2, 0.25) is 0 Å². The first-order valence-corrected chi connectivity index (χ1v) is 14.2. The third-order valence-electron chi connectivity index (χ3n) is 6.50. The van der Waals surface area contributed by atoms with E-state index in [1.807, 2.05) is 31.2 Å². The Morgan fingerprint density at radius 3 is 2.24 bits per heavy atom. The van der Waals surface area contributed by atoms with Crippen LogP contribution in [0.15, 0.2) is 78.9 Å². The molecule has 42 heavy (non-hydrogen) atoms. The van der Waals surface area contributed by atoms with Crippen molar-refractivity contribution in [1.82, 2.24) is 0 Å². The highest BCUT2D eigenvalue weighted by Gasteiger charge is 2.23. The van der Waals surface area contributed by atoms with E-state index in [-0.39, 0.29) is 18.1 Å². The molecular weight excluding hydrogens is 560 g/mol. The first-order chi connectivity index (χ1) is 20.3. The van der Waals surface area contributed by atoms with Crippen LogP contribution in [0.3, 0.4) is 0 Å². The van der Waals surface area contributed by atoms with Gasteiger partial charge in [0.15, 0.2) is 17.6 Å². The van der Waals surface area contributed by atoms with Gasteiger partial charge in [-0.3, -0.25) is 9.35 Å². The van der Waals surface area contributed by atoms with Gasteiger partial charge >= 0.3 is 11.9 Å². The molecule has 2 N–H and O–H groups in total. The summed E-state index contributed by atoms with van der Waals surface area (Å²) in [4.78, 5) is 24.4. The molecule has 2 atom stereocenters. The zero-order valence-electron chi connectivity index (χ0n) is 23.7. The van der Waals surface area contributed by atoms with Gasteiger partial charge in [-0.2, -0.15) is 0 Å². The molecule has 0 heterocycles. The first kappa shape index (κ1) is 30.5. The van der Waals surface area contributed by atoms with Crippen molar-refractivity contribution in [2.24, 2.45) is 0 Å². The van der Waals surface area contributed by atoms with Gasteiger partial charge in [0.25, 0.3) is 11.3 Å². The maximum Gasteiger partial charge on any atom is 0.339 e. The maximum absolute atomic E-state index is 12.7. The number of anilines is 4. The number of nitrogens with zero attached hydrogens (tertiary/aromatic N) is 1. The molecule has 0 amide bonds. The van der Waals surface area contributed by atoms with Crippen LogP contribution in [0.25, 0.3) is 10.8 Å². The predicted octanol–water partition coefficient (Wildman–Crippen LogP) is 6.43. The molecule has 4 aromatic carbocycles. The van der Waals surface area contributed by atoms with Crippen LogP contribution in [0.4, 0.5) is 22.7 Å². The highest BCUT2D eigenvalue weighted by molar-refractivity contribution is 7.81. The molecule has 4 aromatic rings. The third kappa shape index (κ3) is 6.54. The number of ether oxygens (including phenoxy) is 4. The molecule has 1 unspecified atom stereocenters. The van der Waals surface area contributed by atoms with Crippen LogP contribution < -0.4 is 19.1 Å². The van der Waals surface area contributed by atoms with Gasteiger partial charge in [0.1, 0.15) is 0 Å². The number of methoxy groups -OCH3 is 3. The number of fused-ring (bicyclic) bond motifs is 1. The molecule has 0 aliphatic carbocycles. The molecular formula is C31H32N2O8S. The van der Waals surface area contributed by atoms with E-state index < -0.39 is 23.3 Å². The lowest BCUT2D eigenvalue weighted by Gasteiger charge is -2.24. The summed E-state index contributed by atoms with van der Waals surface area (Å²) in [5, 5.41) is 4.78. The Morgan fingerprint density at radius 1 is 0.905 bits per heavy atom. The number of para-hydroxylation sites is 1. The fraction of sp³-hybridized carbons (Fsp3) is 0.226. The van der Waals surface area contributed by atoms with Crippen LogP contribution >= 0.6 is 0 Å². The monoisotopic (exact) mass is 592 g/mol. The molecule has 220 valence electrons. The lowest BCUT2D eigenvalue weighted by molar-refractivity contribution is -0.152. The van der Waals surface area contributed by atoms with Gasteiger partial charge in [-0.25, -0.2) is 13.3 Å². The van der Waals surface area contributed by atoms with Crippen LogP contribution in [0.5, 0.6) is 11.5 Å². The standard InChI is InChI=1S/C31H32N2O8S/c1-5-9-28(34)41-30-25(12-8-13-27(30)38-2)32-24-18-19-26(23-11-7-6-10-22(23)24)33(42(36)37)21-16-14-20(15-17-21)29(39-3)31(35)40-4/h6-8,10-19,29,32H,5,9H2,1-4H3,(H,36,37)/t29-/m0/s1. The summed E-state index contributed by atoms with van der Waals surface area (Å²) in [6.07, 6.45) is -0.0166. The Bertz CT molecular complexity index is 1590.